The summed E-state index contributed by atoms with van der Waals surface area (Å²) in [6.07, 6.45) is -6.02. The van der Waals surface area contributed by atoms with E-state index in [-0.39, 0.29) is 22.3 Å². The van der Waals surface area contributed by atoms with Gasteiger partial charge in [0.2, 0.25) is 0 Å². The summed E-state index contributed by atoms with van der Waals surface area (Å²) >= 11 is 0.706. The van der Waals surface area contributed by atoms with Gasteiger partial charge in [0, 0.05) is 12.4 Å². The smallest absolute Gasteiger partial charge is 0.338 e. The molecule has 1 heterocycles. The van der Waals surface area contributed by atoms with Crippen LogP contribution in [0, 0.1) is 0 Å². The summed E-state index contributed by atoms with van der Waals surface area (Å²) < 4.78 is 50.6. The summed E-state index contributed by atoms with van der Waals surface area (Å²) in [6, 6.07) is 40.7. The molecule has 0 aromatic heterocycles. The molecule has 1 saturated heterocycles. The summed E-state index contributed by atoms with van der Waals surface area (Å²) in [7, 11) is 1.27. The second-order valence-corrected chi connectivity index (χ2v) is 16.5. The maximum Gasteiger partial charge on any atom is 0.338 e. The Morgan fingerprint density at radius 2 is 0.907 bits per heavy atom. The van der Waals surface area contributed by atoms with Crippen LogP contribution in [0.15, 0.2) is 152 Å². The normalized spacial score (nSPS) is 20.4. The van der Waals surface area contributed by atoms with E-state index in [9.17, 15) is 23.7 Å². The van der Waals surface area contributed by atoms with Gasteiger partial charge >= 0.3 is 23.9 Å². The van der Waals surface area contributed by atoms with Crippen LogP contribution in [0.4, 0.5) is 0 Å². The van der Waals surface area contributed by atoms with Crippen molar-refractivity contribution in [1.29, 1.82) is 0 Å². The Bertz CT molecular complexity index is 2070. The van der Waals surface area contributed by atoms with Gasteiger partial charge < -0.3 is 28.2 Å². The van der Waals surface area contributed by atoms with Crippen LogP contribution in [0.3, 0.4) is 0 Å². The molecule has 1 fully saturated rings. The highest BCUT2D eigenvalue weighted by Crippen LogP contribution is 2.61. The second-order valence-electron chi connectivity index (χ2n) is 11.8. The third-order valence-corrected chi connectivity index (χ3v) is 13.1. The fourth-order valence-electron chi connectivity index (χ4n) is 5.57. The average molecular weight is 767 g/mol. The molecule has 54 heavy (non-hydrogen) atoms. The maximum absolute atomic E-state index is 14.5. The van der Waals surface area contributed by atoms with Gasteiger partial charge in [0.1, 0.15) is 12.7 Å². The Balaban J connectivity index is 1.45. The highest BCUT2D eigenvalue weighted by molar-refractivity contribution is 8.59. The van der Waals surface area contributed by atoms with Gasteiger partial charge in [0.15, 0.2) is 23.7 Å². The molecule has 11 nitrogen and oxygen atoms in total. The minimum Gasteiger partial charge on any atom is -0.459 e. The molecule has 0 amide bonds. The second kappa shape index (κ2) is 18.0. The van der Waals surface area contributed by atoms with Crippen LogP contribution in [-0.2, 0) is 32.8 Å². The first kappa shape index (κ1) is 38.2. The van der Waals surface area contributed by atoms with Crippen LogP contribution in [0.1, 0.15) is 41.4 Å². The standard InChI is InChI=1S/C41H35O11PS/c1-47-53(46,32-25-15-6-16-26-32)54-41-36(52-40(45)31-23-13-5-14-24-31)35(51-39(44)30-21-11-4-12-22-30)34(50-38(43)29-19-9-3-10-20-29)33(49-41)27-48-37(42)28-17-7-2-8-18-28/h2-26,33-36,41H,27H2,1H3/t33-,34+,35+,36-,41+,53?/m1/s1. The zero-order chi connectivity index (χ0) is 37.9. The molecule has 6 rings (SSSR count). The van der Waals surface area contributed by atoms with Crippen LogP contribution in [0.2, 0.25) is 0 Å². The van der Waals surface area contributed by atoms with E-state index in [0.717, 1.165) is 0 Å². The summed E-state index contributed by atoms with van der Waals surface area (Å²) in [5.41, 5.74) is -0.693. The zero-order valence-electron chi connectivity index (χ0n) is 28.9. The Hall–Kier alpha value is -5.52. The lowest BCUT2D eigenvalue weighted by atomic mass is 9.98. The number of carbonyl (C=O) groups excluding carboxylic acids is 4. The molecule has 0 aliphatic carbocycles. The van der Waals surface area contributed by atoms with Crippen molar-refractivity contribution in [3.05, 3.63) is 174 Å². The Morgan fingerprint density at radius 1 is 0.537 bits per heavy atom. The zero-order valence-corrected chi connectivity index (χ0v) is 30.6. The maximum atomic E-state index is 14.5. The first-order valence-electron chi connectivity index (χ1n) is 16.8. The van der Waals surface area contributed by atoms with Crippen molar-refractivity contribution in [1.82, 2.24) is 0 Å². The highest BCUT2D eigenvalue weighted by atomic mass is 32.7. The van der Waals surface area contributed by atoms with Gasteiger partial charge in [-0.2, -0.15) is 0 Å². The molecule has 0 radical (unpaired) electrons. The highest BCUT2D eigenvalue weighted by Gasteiger charge is 2.55. The van der Waals surface area contributed by atoms with E-state index < -0.39 is 66.9 Å². The molecule has 0 spiro atoms. The number of ether oxygens (including phenoxy) is 5. The van der Waals surface area contributed by atoms with E-state index in [0.29, 0.717) is 16.7 Å². The molecule has 1 aliphatic rings. The van der Waals surface area contributed by atoms with Crippen molar-refractivity contribution in [3.63, 3.8) is 0 Å². The molecular formula is C41H35O11PS. The summed E-state index contributed by atoms with van der Waals surface area (Å²) in [5, 5.41) is 0.316. The Morgan fingerprint density at radius 3 is 1.33 bits per heavy atom. The number of hydrogen-bond donors (Lipinski definition) is 0. The third-order valence-electron chi connectivity index (χ3n) is 8.29. The Labute approximate surface area is 315 Å². The predicted octanol–water partition coefficient (Wildman–Crippen LogP) is 7.14. The number of benzene rings is 5. The summed E-state index contributed by atoms with van der Waals surface area (Å²) in [6.45, 7) is -4.37. The van der Waals surface area contributed by atoms with Crippen molar-refractivity contribution < 1.29 is 52.0 Å². The largest absolute Gasteiger partial charge is 0.459 e. The first-order valence-corrected chi connectivity index (χ1v) is 19.9. The SMILES string of the molecule is COP(=O)(S[C@@H]1O[C@H](COC(=O)c2ccccc2)[C@H](OC(=O)c2ccccc2)[C@H](OC(=O)c2ccccc2)[C@H]1OC(=O)c1ccccc1)c1ccccc1. The van der Waals surface area contributed by atoms with E-state index >= 15 is 0 Å². The fourth-order valence-corrected chi connectivity index (χ4v) is 9.64. The van der Waals surface area contributed by atoms with E-state index in [1.54, 1.807) is 115 Å². The molecule has 0 bridgehead atoms. The van der Waals surface area contributed by atoms with Crippen molar-refractivity contribution in [3.8, 4) is 0 Å². The molecule has 5 aromatic rings. The van der Waals surface area contributed by atoms with Gasteiger partial charge in [-0.1, -0.05) is 91.0 Å². The van der Waals surface area contributed by atoms with E-state index in [2.05, 4.69) is 0 Å². The van der Waals surface area contributed by atoms with Crippen LogP contribution in [0.5, 0.6) is 0 Å². The number of esters is 4. The molecule has 1 aliphatic heterocycles. The van der Waals surface area contributed by atoms with Crippen LogP contribution < -0.4 is 5.30 Å². The van der Waals surface area contributed by atoms with Gasteiger partial charge in [-0.25, -0.2) is 19.2 Å². The molecular weight excluding hydrogens is 731 g/mol. The van der Waals surface area contributed by atoms with Gasteiger partial charge in [-0.3, -0.25) is 4.57 Å². The lowest BCUT2D eigenvalue weighted by molar-refractivity contribution is -0.207. The monoisotopic (exact) mass is 766 g/mol. The van der Waals surface area contributed by atoms with E-state index in [1.165, 1.54) is 43.5 Å². The molecule has 5 aromatic carbocycles. The van der Waals surface area contributed by atoms with Gasteiger partial charge in [0.25, 0.3) is 6.57 Å². The number of rotatable bonds is 13. The van der Waals surface area contributed by atoms with Gasteiger partial charge in [-0.15, -0.1) is 0 Å². The lowest BCUT2D eigenvalue weighted by Crippen LogP contribution is -2.61. The fraction of sp³-hybridized carbons (Fsp3) is 0.171. The van der Waals surface area contributed by atoms with Crippen molar-refractivity contribution in [2.75, 3.05) is 13.7 Å². The quantitative estimate of drug-likeness (QED) is 0.0683. The van der Waals surface area contributed by atoms with Gasteiger partial charge in [0.05, 0.1) is 22.3 Å². The van der Waals surface area contributed by atoms with Crippen molar-refractivity contribution in [2.45, 2.75) is 29.9 Å². The van der Waals surface area contributed by atoms with E-state index in [1.807, 2.05) is 0 Å². The van der Waals surface area contributed by atoms with Crippen molar-refractivity contribution in [2.24, 2.45) is 0 Å². The first-order chi connectivity index (χ1) is 26.3. The third kappa shape index (κ3) is 9.34. The molecule has 0 N–H and O–H groups in total. The summed E-state index contributed by atoms with van der Waals surface area (Å²) in [4.78, 5) is 54.5. The number of carbonyl (C=O) groups is 4. The van der Waals surface area contributed by atoms with Crippen LogP contribution in [-0.4, -0.2) is 67.4 Å². The minimum atomic E-state index is -3.86. The molecule has 276 valence electrons. The summed E-state index contributed by atoms with van der Waals surface area (Å²) in [5.74, 6) is -3.20. The predicted molar refractivity (Wildman–Crippen MR) is 201 cm³/mol. The van der Waals surface area contributed by atoms with Gasteiger partial charge in [-0.05, 0) is 72.0 Å². The molecule has 6 atom stereocenters. The molecule has 0 saturated carbocycles. The van der Waals surface area contributed by atoms with Crippen LogP contribution >= 0.6 is 18.0 Å². The van der Waals surface area contributed by atoms with Crippen molar-refractivity contribution >= 4 is 47.1 Å². The lowest BCUT2D eigenvalue weighted by Gasteiger charge is -2.44. The van der Waals surface area contributed by atoms with E-state index in [4.69, 9.17) is 28.2 Å². The topological polar surface area (TPSA) is 141 Å². The van der Waals surface area contributed by atoms with Crippen LogP contribution in [0.25, 0.3) is 0 Å². The molecule has 1 unspecified atom stereocenters. The molecule has 13 heteroatoms. The number of hydrogen-bond acceptors (Lipinski definition) is 12. The minimum absolute atomic E-state index is 0.147. The Kier molecular flexibility index (Phi) is 12.7. The average Bonchev–Trinajstić information content (AvgIpc) is 3.23.